The van der Waals surface area contributed by atoms with E-state index in [1.807, 2.05) is 224 Å². The van der Waals surface area contributed by atoms with Crippen molar-refractivity contribution in [2.75, 3.05) is 28.7 Å². The van der Waals surface area contributed by atoms with E-state index < -0.39 is 23.4 Å². The first-order valence-electron chi connectivity index (χ1n) is 32.9. The summed E-state index contributed by atoms with van der Waals surface area (Å²) in [4.78, 5) is 27.8. The predicted molar refractivity (Wildman–Crippen MR) is 415 cm³/mol. The van der Waals surface area contributed by atoms with Crippen molar-refractivity contribution in [3.8, 4) is 62.1 Å². The molecule has 12 nitrogen and oxygen atoms in total. The van der Waals surface area contributed by atoms with Crippen molar-refractivity contribution in [3.63, 3.8) is 0 Å². The molecular formula is C85H89N3O9P2. The molecule has 14 heteroatoms. The van der Waals surface area contributed by atoms with Gasteiger partial charge in [0.25, 0.3) is 0 Å². The Kier molecular flexibility index (Phi) is 24.8. The van der Waals surface area contributed by atoms with E-state index in [-0.39, 0.29) is 38.6 Å². The molecule has 99 heavy (non-hydrogen) atoms. The van der Waals surface area contributed by atoms with E-state index in [1.165, 1.54) is 11.1 Å². The Morgan fingerprint density at radius 2 is 0.788 bits per heavy atom. The summed E-state index contributed by atoms with van der Waals surface area (Å²) in [7, 11) is 0. The summed E-state index contributed by atoms with van der Waals surface area (Å²) in [6, 6.07) is 78.2. The van der Waals surface area contributed by atoms with Gasteiger partial charge in [-0.25, -0.2) is 9.59 Å². The molecule has 3 aliphatic heterocycles. The van der Waals surface area contributed by atoms with Gasteiger partial charge in [-0.2, -0.15) is 19.8 Å². The molecule has 2 amide bonds. The Morgan fingerprint density at radius 1 is 0.414 bits per heavy atom. The Hall–Kier alpha value is -10.4. The number of nitrogens with one attached hydrogen (secondary N) is 2. The molecule has 13 rings (SSSR count). The van der Waals surface area contributed by atoms with Crippen LogP contribution in [0.25, 0.3) is 51.6 Å². The Morgan fingerprint density at radius 3 is 1.22 bits per heavy atom. The fourth-order valence-corrected chi connectivity index (χ4v) is 11.3. The Labute approximate surface area is 589 Å². The smallest absolute Gasteiger partial charge is 0.414 e. The van der Waals surface area contributed by atoms with Gasteiger partial charge in [-0.1, -0.05) is 194 Å². The molecule has 0 saturated heterocycles. The molecule has 0 spiro atoms. The van der Waals surface area contributed by atoms with E-state index >= 15 is 0 Å². The number of amides is 2. The molecule has 2 N–H and O–H groups in total. The van der Waals surface area contributed by atoms with Crippen molar-refractivity contribution in [1.82, 2.24) is 0 Å². The second kappa shape index (κ2) is 33.7. The van der Waals surface area contributed by atoms with E-state index in [2.05, 4.69) is 116 Å². The molecule has 508 valence electrons. The summed E-state index contributed by atoms with van der Waals surface area (Å²) >= 11 is 0. The van der Waals surface area contributed by atoms with Crippen LogP contribution in [-0.4, -0.2) is 42.2 Å². The van der Waals surface area contributed by atoms with Crippen molar-refractivity contribution < 1.29 is 42.7 Å². The number of hydrogen-bond donors (Lipinski definition) is 2. The van der Waals surface area contributed by atoms with Gasteiger partial charge in [0.1, 0.15) is 58.8 Å². The summed E-state index contributed by atoms with van der Waals surface area (Å²) in [6.45, 7) is 18.9. The molecule has 0 fully saturated rings. The highest BCUT2D eigenvalue weighted by Crippen LogP contribution is 2.45. The topological polar surface area (TPSA) is 126 Å². The zero-order chi connectivity index (χ0) is 67.8. The van der Waals surface area contributed by atoms with Crippen molar-refractivity contribution in [2.45, 2.75) is 98.5 Å². The number of carbonyl (C=O) groups excluding carboxylic acids is 2. The number of carbonyl (C=O) groups is 2. The second-order valence-electron chi connectivity index (χ2n) is 25.3. The van der Waals surface area contributed by atoms with Crippen molar-refractivity contribution in [2.24, 2.45) is 0 Å². The van der Waals surface area contributed by atoms with Gasteiger partial charge >= 0.3 is 12.2 Å². The van der Waals surface area contributed by atoms with E-state index in [0.717, 1.165) is 108 Å². The fraction of sp³-hybridized carbons (Fsp3) is 0.200. The minimum Gasteiger partial charge on any atom is -0.494 e. The largest absolute Gasteiger partial charge is 0.494 e. The lowest BCUT2D eigenvalue weighted by Crippen LogP contribution is -2.32. The molecule has 0 saturated carbocycles. The predicted octanol–water partition coefficient (Wildman–Crippen LogP) is 21.2. The van der Waals surface area contributed by atoms with Crippen LogP contribution in [0.3, 0.4) is 0 Å². The zero-order valence-corrected chi connectivity index (χ0v) is 60.6. The van der Waals surface area contributed by atoms with E-state index in [1.54, 1.807) is 4.90 Å². The van der Waals surface area contributed by atoms with Gasteiger partial charge in [0.15, 0.2) is 0 Å². The third-order valence-electron chi connectivity index (χ3n) is 16.2. The van der Waals surface area contributed by atoms with Gasteiger partial charge in [-0.15, -0.1) is 0 Å². The highest BCUT2D eigenvalue weighted by atomic mass is 31.0. The van der Waals surface area contributed by atoms with Crippen LogP contribution in [0.2, 0.25) is 0 Å². The van der Waals surface area contributed by atoms with Crippen LogP contribution < -0.4 is 39.2 Å². The molecule has 3 heterocycles. The number of ether oxygens (including phenoxy) is 7. The van der Waals surface area contributed by atoms with E-state index in [0.29, 0.717) is 25.4 Å². The normalized spacial score (nSPS) is 13.4. The van der Waals surface area contributed by atoms with Gasteiger partial charge in [-0.3, -0.25) is 10.2 Å². The molecule has 0 radical (unpaired) electrons. The molecule has 2 unspecified atom stereocenters. The molecular weight excluding hydrogens is 1270 g/mol. The number of rotatable bonds is 18. The third-order valence-corrected chi connectivity index (χ3v) is 16.2. The number of fused-ring (bicyclic) bond motifs is 3. The summed E-state index contributed by atoms with van der Waals surface area (Å²) in [5.74, 6) is 4.15. The first-order valence-corrected chi connectivity index (χ1v) is 32.9. The molecule has 0 aromatic heterocycles. The quantitative estimate of drug-likeness (QED) is 0.0802. The minimum atomic E-state index is -0.515. The maximum atomic E-state index is 13.6. The highest BCUT2D eigenvalue weighted by Gasteiger charge is 2.30. The van der Waals surface area contributed by atoms with E-state index in [4.69, 9.17) is 33.2 Å². The minimum absolute atomic E-state index is 0. The lowest BCUT2D eigenvalue weighted by atomic mass is 9.95. The number of hydrogen-bond acceptors (Lipinski definition) is 10. The molecule has 10 aromatic carbocycles. The lowest BCUT2D eigenvalue weighted by Gasteiger charge is -2.31. The van der Waals surface area contributed by atoms with Crippen LogP contribution in [0, 0.1) is 0 Å². The molecule has 10 aromatic rings. The Bertz CT molecular complexity index is 4390. The summed E-state index contributed by atoms with van der Waals surface area (Å²) < 4.78 is 41.2. The third kappa shape index (κ3) is 19.9. The molecule has 0 bridgehead atoms. The van der Waals surface area contributed by atoms with Crippen molar-refractivity contribution in [1.29, 1.82) is 0 Å². The van der Waals surface area contributed by atoms with Crippen molar-refractivity contribution >= 4 is 67.3 Å². The lowest BCUT2D eigenvalue weighted by molar-refractivity contribution is 0.146. The molecule has 0 aliphatic carbocycles. The molecule has 3 aliphatic rings. The van der Waals surface area contributed by atoms with Gasteiger partial charge in [0.05, 0.1) is 19.8 Å². The Balaban J connectivity index is 0.000000175. The van der Waals surface area contributed by atoms with Crippen LogP contribution in [0.5, 0.6) is 28.7 Å². The first-order chi connectivity index (χ1) is 47.0. The number of anilines is 3. The van der Waals surface area contributed by atoms with Gasteiger partial charge in [0.2, 0.25) is 0 Å². The van der Waals surface area contributed by atoms with Gasteiger partial charge in [-0.05, 0) is 173 Å². The summed E-state index contributed by atoms with van der Waals surface area (Å²) in [6.07, 6.45) is 11.5. The van der Waals surface area contributed by atoms with Crippen LogP contribution in [0.1, 0.15) is 94.3 Å². The first kappa shape index (κ1) is 72.9. The van der Waals surface area contributed by atoms with Crippen LogP contribution in [-0.2, 0) is 35.8 Å². The second-order valence-corrected chi connectivity index (χ2v) is 25.3. The standard InChI is InChI=1S/C34H33NO4.C27H27NO4.C24H23NO.2H3P/c1-4-37-30-17-15-26(16-18-30)24-38-33(36)35(23-25-11-7-5-8-12-25)29-21-28-19-20-34(2,3)39-32(28)31(22-29)27-13-9-6-10-14-27;1-4-30-23-12-10-19(11-13-23)18-31-26(29)28-22-16-21-14-15-27(2,3)32-25(21)24(17-22)20-8-6-5-7-9-20;1-24(2)14-13-20-15-21(25-17-18-9-5-3-6-10-18)16-22(23(20)26-24)19-11-7-4-8-12-19;;/h5-22H,4,23-24H2,1-3H3;5-17H,4,18H2,1-3H3,(H,28,29);3-16,25H,17H2,1-2H3;2*1H3. The zero-order valence-electron chi connectivity index (χ0n) is 57.8. The SMILES string of the molecule is CC1(C)C=Cc2cc(NCc3ccccc3)cc(-c3ccccc3)c2O1.CCOc1ccc(COC(=O)N(Cc2ccccc2)c2cc3c(c(-c4ccccc4)c2)OC(C)(C)C=C3)cc1.CCOc1ccc(COC(=O)Nc2cc3c(c(-c4ccccc4)c2)OC(C)(C)C=C3)cc1.P.P. The average molecular weight is 1360 g/mol. The summed E-state index contributed by atoms with van der Waals surface area (Å²) in [5.41, 5.74) is 14.5. The van der Waals surface area contributed by atoms with Crippen LogP contribution in [0.4, 0.5) is 26.7 Å². The van der Waals surface area contributed by atoms with Crippen molar-refractivity contribution in [3.05, 3.63) is 294 Å². The average Bonchev–Trinajstić information content (AvgIpc) is 0.780. The number of benzene rings is 10. The number of nitrogens with zero attached hydrogens (tertiary/aromatic N) is 1. The maximum Gasteiger partial charge on any atom is 0.414 e. The van der Waals surface area contributed by atoms with E-state index in [9.17, 15) is 9.59 Å². The fourth-order valence-electron chi connectivity index (χ4n) is 11.3. The van der Waals surface area contributed by atoms with Crippen LogP contribution in [0.15, 0.2) is 255 Å². The highest BCUT2D eigenvalue weighted by molar-refractivity contribution is 6.92. The van der Waals surface area contributed by atoms with Gasteiger partial charge < -0.3 is 38.5 Å². The molecule has 2 atom stereocenters. The summed E-state index contributed by atoms with van der Waals surface area (Å²) in [5, 5.41) is 6.40. The van der Waals surface area contributed by atoms with Gasteiger partial charge in [0, 0.05) is 57.0 Å². The monoisotopic (exact) mass is 1360 g/mol. The van der Waals surface area contributed by atoms with Crippen LogP contribution >= 0.6 is 19.8 Å². The maximum absolute atomic E-state index is 13.6.